The minimum atomic E-state index is -4.55. The molecule has 11 heteroatoms. The summed E-state index contributed by atoms with van der Waals surface area (Å²) >= 11 is 0. The van der Waals surface area contributed by atoms with E-state index < -0.39 is 23.2 Å². The molecule has 2 unspecified atom stereocenters. The number of amides is 2. The van der Waals surface area contributed by atoms with Gasteiger partial charge >= 0.3 is 6.18 Å². The van der Waals surface area contributed by atoms with Gasteiger partial charge in [0.25, 0.3) is 5.91 Å². The predicted molar refractivity (Wildman–Crippen MR) is 136 cm³/mol. The van der Waals surface area contributed by atoms with E-state index >= 15 is 0 Å². The van der Waals surface area contributed by atoms with Crippen LogP contribution in [0.1, 0.15) is 53.7 Å². The lowest BCUT2D eigenvalue weighted by atomic mass is 9.92. The van der Waals surface area contributed by atoms with Crippen LogP contribution in [0.5, 0.6) is 5.88 Å². The van der Waals surface area contributed by atoms with Crippen molar-refractivity contribution < 1.29 is 32.6 Å². The van der Waals surface area contributed by atoms with Gasteiger partial charge in [-0.25, -0.2) is 4.98 Å². The molecule has 39 heavy (non-hydrogen) atoms. The molecule has 1 aromatic heterocycles. The molecule has 0 spiro atoms. The number of hydrogen-bond acceptors (Lipinski definition) is 6. The van der Waals surface area contributed by atoms with Gasteiger partial charge in [0, 0.05) is 36.8 Å². The van der Waals surface area contributed by atoms with Crippen molar-refractivity contribution in [3.05, 3.63) is 59.3 Å². The number of benzene rings is 1. The van der Waals surface area contributed by atoms with E-state index in [1.807, 2.05) is 12.1 Å². The van der Waals surface area contributed by atoms with Crippen molar-refractivity contribution in [3.63, 3.8) is 0 Å². The zero-order valence-corrected chi connectivity index (χ0v) is 21.7. The number of hydrogen-bond donors (Lipinski definition) is 3. The molecule has 8 nitrogen and oxygen atoms in total. The van der Waals surface area contributed by atoms with Gasteiger partial charge in [-0.3, -0.25) is 14.5 Å². The molecular weight excluding hydrogens is 513 g/mol. The molecule has 2 heterocycles. The molecule has 3 aliphatic rings. The van der Waals surface area contributed by atoms with E-state index in [0.29, 0.717) is 48.8 Å². The maximum Gasteiger partial charge on any atom is 0.416 e. The lowest BCUT2D eigenvalue weighted by Gasteiger charge is -2.28. The van der Waals surface area contributed by atoms with E-state index in [2.05, 4.69) is 20.5 Å². The third-order valence-electron chi connectivity index (χ3n) is 8.39. The first-order valence-electron chi connectivity index (χ1n) is 13.3. The molecule has 1 aliphatic heterocycles. The van der Waals surface area contributed by atoms with Gasteiger partial charge in [0.15, 0.2) is 0 Å². The fourth-order valence-corrected chi connectivity index (χ4v) is 6.54. The molecule has 3 fully saturated rings. The maximum absolute atomic E-state index is 12.9. The van der Waals surface area contributed by atoms with E-state index in [4.69, 9.17) is 4.74 Å². The first-order chi connectivity index (χ1) is 18.5. The van der Waals surface area contributed by atoms with Crippen LogP contribution in [-0.2, 0) is 16.6 Å². The zero-order valence-electron chi connectivity index (χ0n) is 21.7. The number of halogens is 3. The van der Waals surface area contributed by atoms with E-state index in [0.717, 1.165) is 37.9 Å². The number of fused-ring (bicyclic) bond motifs is 1. The van der Waals surface area contributed by atoms with Crippen LogP contribution in [0.15, 0.2) is 42.5 Å². The van der Waals surface area contributed by atoms with Crippen LogP contribution in [0.4, 0.5) is 13.2 Å². The predicted octanol–water partition coefficient (Wildman–Crippen LogP) is 3.11. The van der Waals surface area contributed by atoms with Crippen LogP contribution in [0, 0.1) is 11.8 Å². The molecule has 2 aromatic rings. The number of carbonyl (C=O) groups is 2. The summed E-state index contributed by atoms with van der Waals surface area (Å²) < 4.78 is 43.9. The standard InChI is InChI=1S/C28H33F3N4O4/c1-39-25-7-3-6-23(34-25)27(38)13-18-11-22(12-19(18)14-27)35-9-8-21(16-35)33-24(36)15-32-26(37)17-4-2-5-20(10-17)28(29,30)31/h2-7,10,18-19,21-22,38H,8-9,11-16H2,1H3,(H,32,37)(H,33,36)/t18-,19+,21-,22?,27?/m1/s1. The highest BCUT2D eigenvalue weighted by atomic mass is 19.4. The van der Waals surface area contributed by atoms with E-state index in [1.54, 1.807) is 13.2 Å². The van der Waals surface area contributed by atoms with Gasteiger partial charge in [-0.1, -0.05) is 12.1 Å². The van der Waals surface area contributed by atoms with Crippen molar-refractivity contribution in [2.75, 3.05) is 26.7 Å². The molecule has 1 aromatic carbocycles. The third kappa shape index (κ3) is 6.04. The lowest BCUT2D eigenvalue weighted by Crippen LogP contribution is -2.44. The fraction of sp³-hybridized carbons (Fsp3) is 0.536. The topological polar surface area (TPSA) is 104 Å². The third-order valence-corrected chi connectivity index (χ3v) is 8.39. The van der Waals surface area contributed by atoms with Crippen molar-refractivity contribution in [1.29, 1.82) is 0 Å². The quantitative estimate of drug-likeness (QED) is 0.493. The Labute approximate surface area is 224 Å². The zero-order chi connectivity index (χ0) is 27.8. The molecule has 1 saturated heterocycles. The highest BCUT2D eigenvalue weighted by Crippen LogP contribution is 2.53. The molecule has 0 radical (unpaired) electrons. The Morgan fingerprint density at radius 3 is 2.56 bits per heavy atom. The first-order valence-corrected chi connectivity index (χ1v) is 13.3. The first kappa shape index (κ1) is 27.4. The largest absolute Gasteiger partial charge is 0.481 e. The Kier molecular flexibility index (Phi) is 7.56. The van der Waals surface area contributed by atoms with Gasteiger partial charge < -0.3 is 20.5 Å². The SMILES string of the molecule is COc1cccc(C2(O)C[C@H]3CC(N4CC[C@@H](NC(=O)CNC(=O)c5cccc(C(F)(F)F)c5)C4)C[C@H]3C2)n1. The summed E-state index contributed by atoms with van der Waals surface area (Å²) in [6, 6.07) is 9.93. The van der Waals surface area contributed by atoms with Crippen LogP contribution >= 0.6 is 0 Å². The summed E-state index contributed by atoms with van der Waals surface area (Å²) in [5.74, 6) is 0.212. The summed E-state index contributed by atoms with van der Waals surface area (Å²) in [6.07, 6.45) is -0.428. The van der Waals surface area contributed by atoms with Crippen LogP contribution in [0.25, 0.3) is 0 Å². The second-order valence-corrected chi connectivity index (χ2v) is 11.0. The number of rotatable bonds is 7. The van der Waals surface area contributed by atoms with E-state index in [1.165, 1.54) is 12.1 Å². The van der Waals surface area contributed by atoms with Gasteiger partial charge in [0.05, 0.1) is 24.9 Å². The summed E-state index contributed by atoms with van der Waals surface area (Å²) in [6.45, 7) is 1.25. The number of carbonyl (C=O) groups excluding carboxylic acids is 2. The summed E-state index contributed by atoms with van der Waals surface area (Å²) in [5.41, 5.74) is -1.33. The number of aliphatic hydroxyl groups is 1. The highest BCUT2D eigenvalue weighted by Gasteiger charge is 2.51. The average Bonchev–Trinajstić information content (AvgIpc) is 3.61. The Bertz CT molecular complexity index is 1210. The number of likely N-dealkylation sites (tertiary alicyclic amines) is 1. The normalized spacial score (nSPS) is 28.7. The number of nitrogens with one attached hydrogen (secondary N) is 2. The van der Waals surface area contributed by atoms with E-state index in [-0.39, 0.29) is 24.1 Å². The van der Waals surface area contributed by atoms with Gasteiger partial charge in [-0.15, -0.1) is 0 Å². The van der Waals surface area contributed by atoms with Gasteiger partial charge in [-0.05, 0) is 68.2 Å². The van der Waals surface area contributed by atoms with Crippen molar-refractivity contribution in [2.45, 2.75) is 56.0 Å². The number of ether oxygens (including phenoxy) is 1. The summed E-state index contributed by atoms with van der Waals surface area (Å²) in [5, 5.41) is 16.7. The molecule has 5 rings (SSSR count). The van der Waals surface area contributed by atoms with Crippen molar-refractivity contribution in [3.8, 4) is 5.88 Å². The minimum Gasteiger partial charge on any atom is -0.481 e. The number of aromatic nitrogens is 1. The Balaban J connectivity index is 1.07. The molecule has 2 amide bonds. The molecular formula is C28H33F3N4O4. The van der Waals surface area contributed by atoms with Crippen LogP contribution in [0.2, 0.25) is 0 Å². The van der Waals surface area contributed by atoms with Gasteiger partial charge in [0.1, 0.15) is 5.60 Å². The fourth-order valence-electron chi connectivity index (χ4n) is 6.54. The second-order valence-electron chi connectivity index (χ2n) is 11.0. The average molecular weight is 547 g/mol. The Hall–Kier alpha value is -3.18. The molecule has 2 saturated carbocycles. The molecule has 2 aliphatic carbocycles. The van der Waals surface area contributed by atoms with Crippen LogP contribution in [0.3, 0.4) is 0 Å². The second kappa shape index (κ2) is 10.8. The highest BCUT2D eigenvalue weighted by molar-refractivity contribution is 5.96. The molecule has 0 bridgehead atoms. The van der Waals surface area contributed by atoms with Gasteiger partial charge in [0.2, 0.25) is 11.8 Å². The van der Waals surface area contributed by atoms with Crippen molar-refractivity contribution >= 4 is 11.8 Å². The summed E-state index contributed by atoms with van der Waals surface area (Å²) in [7, 11) is 1.56. The van der Waals surface area contributed by atoms with Crippen molar-refractivity contribution in [1.82, 2.24) is 20.5 Å². The smallest absolute Gasteiger partial charge is 0.416 e. The Morgan fingerprint density at radius 1 is 1.15 bits per heavy atom. The van der Waals surface area contributed by atoms with Crippen molar-refractivity contribution in [2.24, 2.45) is 11.8 Å². The van der Waals surface area contributed by atoms with Crippen LogP contribution in [-0.4, -0.2) is 65.6 Å². The number of pyridine rings is 1. The van der Waals surface area contributed by atoms with Crippen LogP contribution < -0.4 is 15.4 Å². The summed E-state index contributed by atoms with van der Waals surface area (Å²) in [4.78, 5) is 31.6. The maximum atomic E-state index is 12.9. The minimum absolute atomic E-state index is 0.0543. The molecule has 5 atom stereocenters. The Morgan fingerprint density at radius 2 is 1.87 bits per heavy atom. The monoisotopic (exact) mass is 546 g/mol. The number of nitrogens with zero attached hydrogens (tertiary/aromatic N) is 2. The van der Waals surface area contributed by atoms with Gasteiger partial charge in [-0.2, -0.15) is 13.2 Å². The molecule has 3 N–H and O–H groups in total. The number of alkyl halides is 3. The number of methoxy groups -OCH3 is 1. The lowest BCUT2D eigenvalue weighted by molar-refractivity contribution is -0.137. The van der Waals surface area contributed by atoms with E-state index in [9.17, 15) is 27.9 Å². The molecule has 210 valence electrons.